The number of nitrogens with zero attached hydrogens (tertiary/aromatic N) is 1. The predicted molar refractivity (Wildman–Crippen MR) is 105 cm³/mol. The van der Waals surface area contributed by atoms with Crippen molar-refractivity contribution in [2.24, 2.45) is 0 Å². The number of amides is 1. The van der Waals surface area contributed by atoms with Crippen molar-refractivity contribution in [2.75, 3.05) is 5.32 Å². The second-order valence-electron chi connectivity index (χ2n) is 5.73. The largest absolute Gasteiger partial charge is 0.326 e. The number of aromatic nitrogens is 1. The first kappa shape index (κ1) is 18.6. The van der Waals surface area contributed by atoms with Crippen molar-refractivity contribution in [3.8, 4) is 21.0 Å². The SMILES string of the molecule is CC(=O)Nc1ccc(-c2cnc(-c3ccc(C)cc3)s2)c(S(=O)(=O)Cl)c1. The molecule has 0 saturated heterocycles. The van der Waals surface area contributed by atoms with Crippen molar-refractivity contribution in [2.45, 2.75) is 18.7 Å². The Kier molecular flexibility index (Phi) is 5.13. The molecule has 0 aliphatic rings. The Hall–Kier alpha value is -2.22. The fourth-order valence-corrected chi connectivity index (χ4v) is 4.55. The molecule has 0 aliphatic heterocycles. The third-order valence-electron chi connectivity index (χ3n) is 3.63. The minimum Gasteiger partial charge on any atom is -0.326 e. The molecule has 1 amide bonds. The molecule has 0 bridgehead atoms. The standard InChI is InChI=1S/C18H15ClN2O3S2/c1-11-3-5-13(6-4-11)18-20-10-16(25-18)15-8-7-14(21-12(2)22)9-17(15)26(19,23)24/h3-10H,1-2H3,(H,21,22). The van der Waals surface area contributed by atoms with E-state index in [2.05, 4.69) is 10.3 Å². The zero-order valence-electron chi connectivity index (χ0n) is 14.0. The summed E-state index contributed by atoms with van der Waals surface area (Å²) in [6.07, 6.45) is 1.62. The van der Waals surface area contributed by atoms with E-state index in [-0.39, 0.29) is 10.8 Å². The second kappa shape index (κ2) is 7.19. The van der Waals surface area contributed by atoms with Crippen LogP contribution in [0.5, 0.6) is 0 Å². The third kappa shape index (κ3) is 4.12. The van der Waals surface area contributed by atoms with Crippen molar-refractivity contribution >= 4 is 42.7 Å². The van der Waals surface area contributed by atoms with Crippen LogP contribution in [0.3, 0.4) is 0 Å². The molecular weight excluding hydrogens is 392 g/mol. The van der Waals surface area contributed by atoms with Crippen LogP contribution in [0.4, 0.5) is 5.69 Å². The van der Waals surface area contributed by atoms with Gasteiger partial charge < -0.3 is 5.32 Å². The van der Waals surface area contributed by atoms with Gasteiger partial charge in [0.05, 0.1) is 9.77 Å². The molecule has 5 nitrogen and oxygen atoms in total. The first-order valence-corrected chi connectivity index (χ1v) is 10.8. The van der Waals surface area contributed by atoms with Crippen LogP contribution in [-0.2, 0) is 13.8 Å². The maximum absolute atomic E-state index is 12.0. The number of halogens is 1. The van der Waals surface area contributed by atoms with E-state index in [4.69, 9.17) is 10.7 Å². The van der Waals surface area contributed by atoms with E-state index < -0.39 is 9.05 Å². The summed E-state index contributed by atoms with van der Waals surface area (Å²) in [6, 6.07) is 12.5. The quantitative estimate of drug-likeness (QED) is 0.638. The van der Waals surface area contributed by atoms with Gasteiger partial charge in [0.15, 0.2) is 0 Å². The van der Waals surface area contributed by atoms with E-state index in [1.165, 1.54) is 24.3 Å². The highest BCUT2D eigenvalue weighted by molar-refractivity contribution is 8.13. The molecule has 1 aromatic heterocycles. The van der Waals surface area contributed by atoms with E-state index in [1.807, 2.05) is 31.2 Å². The van der Waals surface area contributed by atoms with Crippen molar-refractivity contribution in [1.29, 1.82) is 0 Å². The number of aryl methyl sites for hydroxylation is 1. The fourth-order valence-electron chi connectivity index (χ4n) is 2.44. The summed E-state index contributed by atoms with van der Waals surface area (Å²) in [6.45, 7) is 3.35. The molecule has 134 valence electrons. The monoisotopic (exact) mass is 406 g/mol. The van der Waals surface area contributed by atoms with E-state index in [0.29, 0.717) is 16.1 Å². The molecule has 26 heavy (non-hydrogen) atoms. The highest BCUT2D eigenvalue weighted by atomic mass is 35.7. The lowest BCUT2D eigenvalue weighted by molar-refractivity contribution is -0.114. The van der Waals surface area contributed by atoms with E-state index >= 15 is 0 Å². The van der Waals surface area contributed by atoms with Crippen LogP contribution < -0.4 is 5.32 Å². The summed E-state index contributed by atoms with van der Waals surface area (Å²) in [5.41, 5.74) is 2.92. The Labute approximate surface area is 160 Å². The average Bonchev–Trinajstić information content (AvgIpc) is 3.04. The number of rotatable bonds is 4. The van der Waals surface area contributed by atoms with Gasteiger partial charge in [-0.2, -0.15) is 0 Å². The molecule has 0 unspecified atom stereocenters. The van der Waals surface area contributed by atoms with Crippen molar-refractivity contribution in [1.82, 2.24) is 4.98 Å². The zero-order valence-corrected chi connectivity index (χ0v) is 16.4. The Bertz CT molecular complexity index is 1070. The van der Waals surface area contributed by atoms with Gasteiger partial charge in [0.2, 0.25) is 5.91 Å². The van der Waals surface area contributed by atoms with Crippen LogP contribution in [0.1, 0.15) is 12.5 Å². The summed E-state index contributed by atoms with van der Waals surface area (Å²) >= 11 is 1.37. The summed E-state index contributed by atoms with van der Waals surface area (Å²) in [4.78, 5) is 16.2. The average molecular weight is 407 g/mol. The Morgan fingerprint density at radius 1 is 1.15 bits per heavy atom. The molecular formula is C18H15ClN2O3S2. The maximum Gasteiger partial charge on any atom is 0.262 e. The lowest BCUT2D eigenvalue weighted by Crippen LogP contribution is -2.06. The number of hydrogen-bond acceptors (Lipinski definition) is 5. The zero-order chi connectivity index (χ0) is 18.9. The summed E-state index contributed by atoms with van der Waals surface area (Å²) in [7, 11) is 1.61. The molecule has 1 N–H and O–H groups in total. The molecule has 2 aromatic carbocycles. The molecule has 0 saturated carbocycles. The van der Waals surface area contributed by atoms with E-state index in [9.17, 15) is 13.2 Å². The van der Waals surface area contributed by atoms with Crippen molar-refractivity contribution < 1.29 is 13.2 Å². The van der Waals surface area contributed by atoms with E-state index in [0.717, 1.165) is 16.1 Å². The van der Waals surface area contributed by atoms with Gasteiger partial charge in [0.1, 0.15) is 5.01 Å². The highest BCUT2D eigenvalue weighted by Gasteiger charge is 2.20. The molecule has 0 atom stereocenters. The molecule has 0 spiro atoms. The smallest absolute Gasteiger partial charge is 0.262 e. The van der Waals surface area contributed by atoms with Gasteiger partial charge in [-0.15, -0.1) is 11.3 Å². The van der Waals surface area contributed by atoms with Crippen LogP contribution in [0.25, 0.3) is 21.0 Å². The number of anilines is 1. The summed E-state index contributed by atoms with van der Waals surface area (Å²) in [5, 5.41) is 3.34. The van der Waals surface area contributed by atoms with Gasteiger partial charge >= 0.3 is 0 Å². The van der Waals surface area contributed by atoms with Crippen LogP contribution in [0.15, 0.2) is 53.6 Å². The van der Waals surface area contributed by atoms with Crippen molar-refractivity contribution in [3.63, 3.8) is 0 Å². The third-order valence-corrected chi connectivity index (χ3v) is 6.08. The van der Waals surface area contributed by atoms with Gasteiger partial charge in [-0.05, 0) is 19.1 Å². The molecule has 3 rings (SSSR count). The highest BCUT2D eigenvalue weighted by Crippen LogP contribution is 2.37. The lowest BCUT2D eigenvalue weighted by atomic mass is 10.2. The number of carbonyl (C=O) groups excluding carboxylic acids is 1. The lowest BCUT2D eigenvalue weighted by Gasteiger charge is -2.08. The van der Waals surface area contributed by atoms with Gasteiger partial charge in [0.25, 0.3) is 9.05 Å². The Morgan fingerprint density at radius 2 is 1.85 bits per heavy atom. The maximum atomic E-state index is 12.0. The molecule has 8 heteroatoms. The number of carbonyl (C=O) groups is 1. The molecule has 1 heterocycles. The Morgan fingerprint density at radius 3 is 2.46 bits per heavy atom. The molecule has 0 radical (unpaired) electrons. The normalized spacial score (nSPS) is 11.3. The van der Waals surface area contributed by atoms with Crippen LogP contribution in [0.2, 0.25) is 0 Å². The predicted octanol–water partition coefficient (Wildman–Crippen LogP) is 4.67. The minimum atomic E-state index is -4.00. The number of thiazole rings is 1. The fraction of sp³-hybridized carbons (Fsp3) is 0.111. The van der Waals surface area contributed by atoms with Gasteiger partial charge in [-0.25, -0.2) is 13.4 Å². The first-order valence-electron chi connectivity index (χ1n) is 7.63. The molecule has 0 aliphatic carbocycles. The second-order valence-corrected chi connectivity index (χ2v) is 9.29. The van der Waals surface area contributed by atoms with Crippen molar-refractivity contribution in [3.05, 3.63) is 54.2 Å². The Balaban J connectivity index is 2.06. The molecule has 0 fully saturated rings. The number of hydrogen-bond donors (Lipinski definition) is 1. The van der Waals surface area contributed by atoms with Crippen LogP contribution in [0, 0.1) is 6.92 Å². The van der Waals surface area contributed by atoms with Gasteiger partial charge in [0, 0.05) is 40.6 Å². The van der Waals surface area contributed by atoms with Crippen LogP contribution >= 0.6 is 22.0 Å². The summed E-state index contributed by atoms with van der Waals surface area (Å²) in [5.74, 6) is -0.296. The number of nitrogens with one attached hydrogen (secondary N) is 1. The number of benzene rings is 2. The van der Waals surface area contributed by atoms with E-state index in [1.54, 1.807) is 18.3 Å². The van der Waals surface area contributed by atoms with Gasteiger partial charge in [-0.1, -0.05) is 35.9 Å². The van der Waals surface area contributed by atoms with Crippen LogP contribution in [-0.4, -0.2) is 19.3 Å². The minimum absolute atomic E-state index is 0.0653. The topological polar surface area (TPSA) is 76.1 Å². The summed E-state index contributed by atoms with van der Waals surface area (Å²) < 4.78 is 24.0. The first-order chi connectivity index (χ1) is 12.2. The van der Waals surface area contributed by atoms with Gasteiger partial charge in [-0.3, -0.25) is 4.79 Å². The molecule has 3 aromatic rings.